The molecule has 0 aliphatic heterocycles. The number of ether oxygens (including phenoxy) is 1. The average Bonchev–Trinajstić information content (AvgIpc) is 3.52. The lowest BCUT2D eigenvalue weighted by Gasteiger charge is -2.15. The standard InChI is InChI=1S/C23H21N9O2/c1-12-2-3-15-14(11-29-32-15)19(12)13-10-17(30-21(20(13)24)22(25)33)16-4-6-28-23(31-16)34-9-5-18-26-7-8-27-18/h2-4,6-8,10-11H,5,9,24H2,1H3,(H2,25,33)(H,26,27)(H,29,32). The molecule has 0 fully saturated rings. The Balaban J connectivity index is 1.56. The molecule has 5 aromatic rings. The van der Waals surface area contributed by atoms with E-state index >= 15 is 0 Å². The third-order valence-electron chi connectivity index (χ3n) is 5.41. The van der Waals surface area contributed by atoms with Crippen molar-refractivity contribution in [2.75, 3.05) is 12.3 Å². The molecule has 170 valence electrons. The van der Waals surface area contributed by atoms with Crippen molar-refractivity contribution < 1.29 is 9.53 Å². The minimum absolute atomic E-state index is 0.0358. The molecule has 0 unspecified atom stereocenters. The van der Waals surface area contributed by atoms with Gasteiger partial charge in [0.25, 0.3) is 5.91 Å². The van der Waals surface area contributed by atoms with E-state index in [-0.39, 0.29) is 17.4 Å². The van der Waals surface area contributed by atoms with E-state index in [1.54, 1.807) is 36.9 Å². The highest BCUT2D eigenvalue weighted by Gasteiger charge is 2.20. The summed E-state index contributed by atoms with van der Waals surface area (Å²) in [5, 5.41) is 7.96. The van der Waals surface area contributed by atoms with Crippen LogP contribution in [0.15, 0.2) is 49.1 Å². The van der Waals surface area contributed by atoms with Gasteiger partial charge in [-0.1, -0.05) is 6.07 Å². The van der Waals surface area contributed by atoms with Crippen molar-refractivity contribution in [3.8, 4) is 28.5 Å². The molecule has 5 rings (SSSR count). The van der Waals surface area contributed by atoms with Crippen LogP contribution in [0, 0.1) is 6.92 Å². The van der Waals surface area contributed by atoms with Crippen LogP contribution in [-0.4, -0.2) is 47.6 Å². The molecule has 4 aromatic heterocycles. The minimum atomic E-state index is -0.735. The minimum Gasteiger partial charge on any atom is -0.463 e. The molecular weight excluding hydrogens is 434 g/mol. The average molecular weight is 455 g/mol. The number of anilines is 1. The number of H-pyrrole nitrogens is 2. The quantitative estimate of drug-likeness (QED) is 0.289. The van der Waals surface area contributed by atoms with Gasteiger partial charge in [-0.25, -0.2) is 15.0 Å². The first-order valence-electron chi connectivity index (χ1n) is 10.5. The Hall–Kier alpha value is -4.80. The summed E-state index contributed by atoms with van der Waals surface area (Å²) in [6.45, 7) is 2.30. The molecule has 1 amide bonds. The van der Waals surface area contributed by atoms with Gasteiger partial charge in [0.2, 0.25) is 0 Å². The Labute approximate surface area is 193 Å². The van der Waals surface area contributed by atoms with Crippen LogP contribution < -0.4 is 16.2 Å². The molecular formula is C23H21N9O2. The lowest BCUT2D eigenvalue weighted by atomic mass is 9.94. The number of rotatable bonds is 7. The van der Waals surface area contributed by atoms with E-state index in [4.69, 9.17) is 16.2 Å². The maximum atomic E-state index is 12.2. The predicted octanol–water partition coefficient (Wildman–Crippen LogP) is 2.42. The number of primary amides is 1. The van der Waals surface area contributed by atoms with E-state index in [1.165, 1.54) is 0 Å². The van der Waals surface area contributed by atoms with Crippen LogP contribution in [0.25, 0.3) is 33.4 Å². The van der Waals surface area contributed by atoms with Gasteiger partial charge in [0, 0.05) is 36.0 Å². The maximum Gasteiger partial charge on any atom is 0.316 e. The first kappa shape index (κ1) is 21.1. The number of fused-ring (bicyclic) bond motifs is 1. The van der Waals surface area contributed by atoms with Gasteiger partial charge in [0.15, 0.2) is 5.69 Å². The summed E-state index contributed by atoms with van der Waals surface area (Å²) in [7, 11) is 0. The molecule has 0 saturated heterocycles. The Kier molecular flexibility index (Phi) is 5.34. The fourth-order valence-corrected chi connectivity index (χ4v) is 3.79. The zero-order valence-electron chi connectivity index (χ0n) is 18.2. The van der Waals surface area contributed by atoms with Crippen molar-refractivity contribution >= 4 is 22.5 Å². The molecule has 4 heterocycles. The van der Waals surface area contributed by atoms with E-state index in [1.807, 2.05) is 19.1 Å². The van der Waals surface area contributed by atoms with Gasteiger partial charge in [-0.05, 0) is 36.2 Å². The van der Waals surface area contributed by atoms with Gasteiger partial charge >= 0.3 is 6.01 Å². The number of carbonyl (C=O) groups excluding carboxylic acids is 1. The Bertz CT molecular complexity index is 1490. The van der Waals surface area contributed by atoms with E-state index in [0.717, 1.165) is 27.9 Å². The van der Waals surface area contributed by atoms with Gasteiger partial charge in [0.1, 0.15) is 5.82 Å². The number of amides is 1. The van der Waals surface area contributed by atoms with Crippen LogP contribution >= 0.6 is 0 Å². The van der Waals surface area contributed by atoms with Crippen molar-refractivity contribution in [2.45, 2.75) is 13.3 Å². The molecule has 0 atom stereocenters. The number of aromatic nitrogens is 7. The Morgan fingerprint density at radius 2 is 2.00 bits per heavy atom. The van der Waals surface area contributed by atoms with Crippen molar-refractivity contribution in [1.82, 2.24) is 35.1 Å². The summed E-state index contributed by atoms with van der Waals surface area (Å²) < 4.78 is 5.69. The zero-order chi connectivity index (χ0) is 23.7. The van der Waals surface area contributed by atoms with Crippen molar-refractivity contribution in [3.05, 3.63) is 66.1 Å². The molecule has 0 aliphatic rings. The second-order valence-electron chi connectivity index (χ2n) is 7.63. The number of carbonyl (C=O) groups is 1. The third kappa shape index (κ3) is 3.90. The third-order valence-corrected chi connectivity index (χ3v) is 5.41. The second-order valence-corrected chi connectivity index (χ2v) is 7.63. The fourth-order valence-electron chi connectivity index (χ4n) is 3.79. The highest BCUT2D eigenvalue weighted by Crippen LogP contribution is 2.37. The number of nitrogen functional groups attached to an aromatic ring is 1. The summed E-state index contributed by atoms with van der Waals surface area (Å²) in [5.74, 6) is 0.0671. The van der Waals surface area contributed by atoms with Crippen LogP contribution in [0.5, 0.6) is 6.01 Å². The monoisotopic (exact) mass is 455 g/mol. The number of aromatic amines is 2. The number of aryl methyl sites for hydroxylation is 1. The highest BCUT2D eigenvalue weighted by atomic mass is 16.5. The number of nitrogens with one attached hydrogen (secondary N) is 2. The SMILES string of the molecule is Cc1ccc2[nH]ncc2c1-c1cc(-c2ccnc(OCCc3ncc[nH]3)n2)nc(C(N)=O)c1N. The topological polar surface area (TPSA) is 174 Å². The molecule has 6 N–H and O–H groups in total. The van der Waals surface area contributed by atoms with E-state index < -0.39 is 5.91 Å². The number of pyridine rings is 1. The zero-order valence-corrected chi connectivity index (χ0v) is 18.2. The van der Waals surface area contributed by atoms with E-state index in [0.29, 0.717) is 30.0 Å². The molecule has 1 aromatic carbocycles. The van der Waals surface area contributed by atoms with Crippen LogP contribution in [0.1, 0.15) is 21.9 Å². The predicted molar refractivity (Wildman–Crippen MR) is 126 cm³/mol. The summed E-state index contributed by atoms with van der Waals surface area (Å²) in [5.41, 5.74) is 16.3. The van der Waals surface area contributed by atoms with E-state index in [2.05, 4.69) is 35.1 Å². The van der Waals surface area contributed by atoms with Crippen molar-refractivity contribution in [2.24, 2.45) is 5.73 Å². The fraction of sp³-hybridized carbons (Fsp3) is 0.130. The smallest absolute Gasteiger partial charge is 0.316 e. The van der Waals surface area contributed by atoms with Crippen molar-refractivity contribution in [3.63, 3.8) is 0 Å². The number of hydrogen-bond donors (Lipinski definition) is 4. The Morgan fingerprint density at radius 1 is 1.12 bits per heavy atom. The lowest BCUT2D eigenvalue weighted by Crippen LogP contribution is -2.17. The van der Waals surface area contributed by atoms with Gasteiger partial charge in [-0.2, -0.15) is 10.1 Å². The molecule has 0 bridgehead atoms. The number of nitrogens with two attached hydrogens (primary N) is 2. The molecule has 11 nitrogen and oxygen atoms in total. The van der Waals surface area contributed by atoms with Gasteiger partial charge in [-0.15, -0.1) is 0 Å². The summed E-state index contributed by atoms with van der Waals surface area (Å²) in [6, 6.07) is 7.53. The molecule has 0 radical (unpaired) electrons. The highest BCUT2D eigenvalue weighted by molar-refractivity contribution is 6.05. The van der Waals surface area contributed by atoms with Crippen molar-refractivity contribution in [1.29, 1.82) is 0 Å². The van der Waals surface area contributed by atoms with Gasteiger partial charge in [-0.3, -0.25) is 9.89 Å². The molecule has 0 saturated carbocycles. The number of hydrogen-bond acceptors (Lipinski definition) is 8. The molecule has 34 heavy (non-hydrogen) atoms. The summed E-state index contributed by atoms with van der Waals surface area (Å²) in [6.07, 6.45) is 7.29. The van der Waals surface area contributed by atoms with Crippen LogP contribution in [0.3, 0.4) is 0 Å². The van der Waals surface area contributed by atoms with Crippen LogP contribution in [0.4, 0.5) is 5.69 Å². The number of nitrogens with zero attached hydrogens (tertiary/aromatic N) is 5. The summed E-state index contributed by atoms with van der Waals surface area (Å²) >= 11 is 0. The second kappa shape index (κ2) is 8.62. The van der Waals surface area contributed by atoms with Gasteiger partial charge in [0.05, 0.1) is 35.4 Å². The summed E-state index contributed by atoms with van der Waals surface area (Å²) in [4.78, 5) is 32.4. The lowest BCUT2D eigenvalue weighted by molar-refractivity contribution is 0.0996. The molecule has 0 aliphatic carbocycles. The normalized spacial score (nSPS) is 11.1. The first-order valence-corrected chi connectivity index (χ1v) is 10.5. The molecule has 0 spiro atoms. The number of imidazole rings is 1. The first-order chi connectivity index (χ1) is 16.5. The maximum absolute atomic E-state index is 12.2. The van der Waals surface area contributed by atoms with E-state index in [9.17, 15) is 4.79 Å². The van der Waals surface area contributed by atoms with Crippen LogP contribution in [0.2, 0.25) is 0 Å². The van der Waals surface area contributed by atoms with Crippen LogP contribution in [-0.2, 0) is 6.42 Å². The largest absolute Gasteiger partial charge is 0.463 e. The Morgan fingerprint density at radius 3 is 2.79 bits per heavy atom. The molecule has 11 heteroatoms. The number of benzene rings is 1. The van der Waals surface area contributed by atoms with Gasteiger partial charge < -0.3 is 21.2 Å².